The zero-order chi connectivity index (χ0) is 18.5. The van der Waals surface area contributed by atoms with Gasteiger partial charge in [0.25, 0.3) is 0 Å². The fourth-order valence-electron chi connectivity index (χ4n) is 3.61. The van der Waals surface area contributed by atoms with Crippen LogP contribution in [0.3, 0.4) is 0 Å². The van der Waals surface area contributed by atoms with E-state index in [9.17, 15) is 9.90 Å². The van der Waals surface area contributed by atoms with E-state index in [4.69, 9.17) is 9.47 Å². The van der Waals surface area contributed by atoms with E-state index in [1.54, 1.807) is 20.4 Å². The molecule has 2 aromatic rings. The Kier molecular flexibility index (Phi) is 5.73. The monoisotopic (exact) mass is 356 g/mol. The third-order valence-corrected chi connectivity index (χ3v) is 4.94. The number of hydrogen-bond donors (Lipinski definition) is 1. The van der Waals surface area contributed by atoms with Crippen LogP contribution in [-0.4, -0.2) is 48.3 Å². The molecule has 0 radical (unpaired) electrons. The SMILES string of the molecule is COc1cccc(C(c2ccccn2)N2CCC(C(=O)O)CC2)c1OC. The normalized spacial score (nSPS) is 16.8. The van der Waals surface area contributed by atoms with Gasteiger partial charge in [-0.05, 0) is 44.1 Å². The number of aromatic nitrogens is 1. The lowest BCUT2D eigenvalue weighted by molar-refractivity contribution is -0.143. The first-order chi connectivity index (χ1) is 12.7. The first-order valence-electron chi connectivity index (χ1n) is 8.74. The lowest BCUT2D eigenvalue weighted by Crippen LogP contribution is -2.39. The summed E-state index contributed by atoms with van der Waals surface area (Å²) in [5, 5.41) is 9.28. The minimum atomic E-state index is -0.710. The number of hydrogen-bond acceptors (Lipinski definition) is 5. The second-order valence-electron chi connectivity index (χ2n) is 6.39. The Labute approximate surface area is 153 Å². The molecule has 1 unspecified atom stereocenters. The van der Waals surface area contributed by atoms with Gasteiger partial charge in [0.2, 0.25) is 0 Å². The third kappa shape index (κ3) is 3.65. The molecule has 1 saturated heterocycles. The molecule has 1 aliphatic heterocycles. The van der Waals surface area contributed by atoms with Crippen LogP contribution < -0.4 is 9.47 Å². The van der Waals surface area contributed by atoms with Crippen LogP contribution in [0.4, 0.5) is 0 Å². The Balaban J connectivity index is 2.00. The Morgan fingerprint density at radius 3 is 2.50 bits per heavy atom. The van der Waals surface area contributed by atoms with Gasteiger partial charge in [-0.15, -0.1) is 0 Å². The quantitative estimate of drug-likeness (QED) is 0.858. The second kappa shape index (κ2) is 8.19. The molecule has 26 heavy (non-hydrogen) atoms. The molecule has 3 rings (SSSR count). The Morgan fingerprint density at radius 2 is 1.92 bits per heavy atom. The average molecular weight is 356 g/mol. The maximum absolute atomic E-state index is 11.3. The van der Waals surface area contributed by atoms with Gasteiger partial charge in [-0.25, -0.2) is 0 Å². The Morgan fingerprint density at radius 1 is 1.15 bits per heavy atom. The van der Waals surface area contributed by atoms with Crippen molar-refractivity contribution >= 4 is 5.97 Å². The Bertz CT molecular complexity index is 743. The smallest absolute Gasteiger partial charge is 0.306 e. The maximum Gasteiger partial charge on any atom is 0.306 e. The predicted molar refractivity (Wildman–Crippen MR) is 97.6 cm³/mol. The lowest BCUT2D eigenvalue weighted by Gasteiger charge is -2.37. The molecular weight excluding hydrogens is 332 g/mol. The van der Waals surface area contributed by atoms with Gasteiger partial charge in [-0.2, -0.15) is 0 Å². The maximum atomic E-state index is 11.3. The highest BCUT2D eigenvalue weighted by Crippen LogP contribution is 2.40. The van der Waals surface area contributed by atoms with Crippen LogP contribution in [0.5, 0.6) is 11.5 Å². The fourth-order valence-corrected chi connectivity index (χ4v) is 3.61. The number of benzene rings is 1. The molecule has 1 aliphatic rings. The van der Waals surface area contributed by atoms with Gasteiger partial charge in [-0.3, -0.25) is 14.7 Å². The summed E-state index contributed by atoms with van der Waals surface area (Å²) in [6.45, 7) is 1.39. The average Bonchev–Trinajstić information content (AvgIpc) is 2.69. The van der Waals surface area contributed by atoms with E-state index in [1.165, 1.54) is 0 Å². The number of para-hydroxylation sites is 1. The molecule has 0 aliphatic carbocycles. The largest absolute Gasteiger partial charge is 0.493 e. The van der Waals surface area contributed by atoms with Crippen LogP contribution in [-0.2, 0) is 4.79 Å². The van der Waals surface area contributed by atoms with Crippen molar-refractivity contribution < 1.29 is 19.4 Å². The van der Waals surface area contributed by atoms with E-state index in [2.05, 4.69) is 9.88 Å². The third-order valence-electron chi connectivity index (χ3n) is 4.94. The number of pyridine rings is 1. The molecule has 2 heterocycles. The van der Waals surface area contributed by atoms with Crippen molar-refractivity contribution in [2.24, 2.45) is 5.92 Å². The van der Waals surface area contributed by atoms with Gasteiger partial charge < -0.3 is 14.6 Å². The van der Waals surface area contributed by atoms with Gasteiger partial charge in [0, 0.05) is 11.8 Å². The predicted octanol–water partition coefficient (Wildman–Crippen LogP) is 2.98. The molecular formula is C20H24N2O4. The molecule has 0 amide bonds. The number of aliphatic carboxylic acids is 1. The van der Waals surface area contributed by atoms with Gasteiger partial charge in [-0.1, -0.05) is 18.2 Å². The number of likely N-dealkylation sites (tertiary alicyclic amines) is 1. The molecule has 1 aromatic carbocycles. The number of nitrogens with zero attached hydrogens (tertiary/aromatic N) is 2. The summed E-state index contributed by atoms with van der Waals surface area (Å²) in [7, 11) is 3.25. The van der Waals surface area contributed by atoms with Gasteiger partial charge in [0.15, 0.2) is 11.5 Å². The molecule has 0 spiro atoms. The summed E-state index contributed by atoms with van der Waals surface area (Å²) in [5.74, 6) is 0.373. The van der Waals surface area contributed by atoms with Crippen LogP contribution in [0.25, 0.3) is 0 Å². The van der Waals surface area contributed by atoms with E-state index >= 15 is 0 Å². The van der Waals surface area contributed by atoms with E-state index in [1.807, 2.05) is 36.4 Å². The van der Waals surface area contributed by atoms with Crippen molar-refractivity contribution in [3.05, 3.63) is 53.9 Å². The molecule has 0 bridgehead atoms. The minimum absolute atomic E-state index is 0.115. The molecule has 138 valence electrons. The van der Waals surface area contributed by atoms with Crippen LogP contribution >= 0.6 is 0 Å². The summed E-state index contributed by atoms with van der Waals surface area (Å²) in [6, 6.07) is 11.6. The van der Waals surface area contributed by atoms with Crippen molar-refractivity contribution in [3.63, 3.8) is 0 Å². The number of carbonyl (C=O) groups is 1. The van der Waals surface area contributed by atoms with Crippen molar-refractivity contribution in [1.82, 2.24) is 9.88 Å². The first-order valence-corrected chi connectivity index (χ1v) is 8.74. The van der Waals surface area contributed by atoms with E-state index in [0.29, 0.717) is 37.4 Å². The van der Waals surface area contributed by atoms with E-state index in [0.717, 1.165) is 11.3 Å². The summed E-state index contributed by atoms with van der Waals surface area (Å²) < 4.78 is 11.1. The van der Waals surface area contributed by atoms with E-state index in [-0.39, 0.29) is 12.0 Å². The molecule has 1 fully saturated rings. The highest BCUT2D eigenvalue weighted by molar-refractivity contribution is 5.70. The zero-order valence-electron chi connectivity index (χ0n) is 15.1. The number of methoxy groups -OCH3 is 2. The highest BCUT2D eigenvalue weighted by atomic mass is 16.5. The van der Waals surface area contributed by atoms with Gasteiger partial charge in [0.05, 0.1) is 31.9 Å². The van der Waals surface area contributed by atoms with Crippen LogP contribution in [0.15, 0.2) is 42.6 Å². The molecule has 1 atom stereocenters. The molecule has 1 N–H and O–H groups in total. The number of ether oxygens (including phenoxy) is 2. The zero-order valence-corrected chi connectivity index (χ0v) is 15.1. The summed E-state index contributed by atoms with van der Waals surface area (Å²) >= 11 is 0. The highest BCUT2D eigenvalue weighted by Gasteiger charge is 2.32. The topological polar surface area (TPSA) is 71.9 Å². The second-order valence-corrected chi connectivity index (χ2v) is 6.39. The minimum Gasteiger partial charge on any atom is -0.493 e. The van der Waals surface area contributed by atoms with Crippen LogP contribution in [0.1, 0.15) is 30.1 Å². The molecule has 0 saturated carbocycles. The molecule has 6 nitrogen and oxygen atoms in total. The van der Waals surface area contributed by atoms with Crippen LogP contribution in [0.2, 0.25) is 0 Å². The van der Waals surface area contributed by atoms with Crippen LogP contribution in [0, 0.1) is 5.92 Å². The number of carboxylic acid groups (broad SMARTS) is 1. The van der Waals surface area contributed by atoms with Crippen molar-refractivity contribution in [2.45, 2.75) is 18.9 Å². The molecule has 1 aromatic heterocycles. The van der Waals surface area contributed by atoms with Crippen molar-refractivity contribution in [2.75, 3.05) is 27.3 Å². The van der Waals surface area contributed by atoms with Gasteiger partial charge in [0.1, 0.15) is 0 Å². The fraction of sp³-hybridized carbons (Fsp3) is 0.400. The summed E-state index contributed by atoms with van der Waals surface area (Å²) in [4.78, 5) is 18.1. The van der Waals surface area contributed by atoms with E-state index < -0.39 is 5.97 Å². The number of carboxylic acids is 1. The number of rotatable bonds is 6. The Hall–Kier alpha value is -2.60. The van der Waals surface area contributed by atoms with Gasteiger partial charge >= 0.3 is 5.97 Å². The summed E-state index contributed by atoms with van der Waals surface area (Å²) in [6.07, 6.45) is 3.04. The van der Waals surface area contributed by atoms with Crippen molar-refractivity contribution in [3.8, 4) is 11.5 Å². The standard InChI is InChI=1S/C20H24N2O4/c1-25-17-8-5-6-15(19(17)26-2)18(16-7-3-4-11-21-16)22-12-9-14(10-13-22)20(23)24/h3-8,11,14,18H,9-10,12-13H2,1-2H3,(H,23,24). The summed E-state index contributed by atoms with van der Waals surface area (Å²) in [5.41, 5.74) is 1.88. The molecule has 6 heteroatoms. The van der Waals surface area contributed by atoms with Crippen molar-refractivity contribution in [1.29, 1.82) is 0 Å². The lowest BCUT2D eigenvalue weighted by atomic mass is 9.92. The number of piperidine rings is 1. The first kappa shape index (κ1) is 18.2.